The standard InChI is InChI=1S/C21H16FN3O2S2/c1-28-18-8-7-13(11-16(18)22)25-20(26)19-15(12-29-21-23-9-4-10-24-21)14-5-2-3-6-17(14)27-19/h2-11H,12H2,1H3,(H,25,26). The maximum atomic E-state index is 14.0. The Kier molecular flexibility index (Phi) is 5.82. The zero-order valence-electron chi connectivity index (χ0n) is 15.4. The van der Waals surface area contributed by atoms with E-state index in [0.29, 0.717) is 27.1 Å². The maximum Gasteiger partial charge on any atom is 0.291 e. The molecule has 29 heavy (non-hydrogen) atoms. The van der Waals surface area contributed by atoms with Crippen LogP contribution >= 0.6 is 23.5 Å². The monoisotopic (exact) mass is 425 g/mol. The van der Waals surface area contributed by atoms with Crippen molar-refractivity contribution in [3.05, 3.63) is 78.1 Å². The van der Waals surface area contributed by atoms with Crippen LogP contribution in [0.4, 0.5) is 10.1 Å². The van der Waals surface area contributed by atoms with Crippen LogP contribution in [0, 0.1) is 5.82 Å². The lowest BCUT2D eigenvalue weighted by molar-refractivity contribution is 0.0998. The molecule has 0 saturated heterocycles. The molecule has 1 amide bonds. The fourth-order valence-electron chi connectivity index (χ4n) is 2.85. The van der Waals surface area contributed by atoms with Gasteiger partial charge in [-0.3, -0.25) is 4.79 Å². The average molecular weight is 426 g/mol. The summed E-state index contributed by atoms with van der Waals surface area (Å²) < 4.78 is 19.9. The smallest absolute Gasteiger partial charge is 0.291 e. The number of nitrogens with zero attached hydrogens (tertiary/aromatic N) is 2. The van der Waals surface area contributed by atoms with E-state index in [1.165, 1.54) is 29.6 Å². The van der Waals surface area contributed by atoms with Crippen molar-refractivity contribution in [2.75, 3.05) is 11.6 Å². The molecule has 0 aliphatic carbocycles. The van der Waals surface area contributed by atoms with Crippen molar-refractivity contribution in [2.24, 2.45) is 0 Å². The number of carbonyl (C=O) groups excluding carboxylic acids is 1. The number of para-hydroxylation sites is 1. The fourth-order valence-corrected chi connectivity index (χ4v) is 4.14. The second-order valence-corrected chi connectivity index (χ2v) is 7.82. The van der Waals surface area contributed by atoms with Crippen molar-refractivity contribution in [2.45, 2.75) is 15.8 Å². The summed E-state index contributed by atoms with van der Waals surface area (Å²) in [7, 11) is 0. The van der Waals surface area contributed by atoms with Crippen LogP contribution in [0.2, 0.25) is 0 Å². The highest BCUT2D eigenvalue weighted by atomic mass is 32.2. The van der Waals surface area contributed by atoms with Gasteiger partial charge in [0, 0.05) is 39.7 Å². The first-order valence-corrected chi connectivity index (χ1v) is 10.9. The summed E-state index contributed by atoms with van der Waals surface area (Å²) in [5.41, 5.74) is 1.73. The molecule has 8 heteroatoms. The Morgan fingerprint density at radius 3 is 2.69 bits per heavy atom. The van der Waals surface area contributed by atoms with Gasteiger partial charge < -0.3 is 9.73 Å². The highest BCUT2D eigenvalue weighted by Crippen LogP contribution is 2.31. The van der Waals surface area contributed by atoms with E-state index in [2.05, 4.69) is 15.3 Å². The summed E-state index contributed by atoms with van der Waals surface area (Å²) in [6.45, 7) is 0. The predicted molar refractivity (Wildman–Crippen MR) is 114 cm³/mol. The molecule has 2 heterocycles. The minimum absolute atomic E-state index is 0.198. The van der Waals surface area contributed by atoms with Crippen molar-refractivity contribution < 1.29 is 13.6 Å². The first-order valence-electron chi connectivity index (χ1n) is 8.71. The molecule has 4 aromatic rings. The quantitative estimate of drug-likeness (QED) is 0.319. The second-order valence-electron chi connectivity index (χ2n) is 6.03. The van der Waals surface area contributed by atoms with Crippen LogP contribution in [-0.2, 0) is 5.75 Å². The molecule has 4 rings (SSSR count). The zero-order chi connectivity index (χ0) is 20.2. The lowest BCUT2D eigenvalue weighted by atomic mass is 10.1. The van der Waals surface area contributed by atoms with E-state index < -0.39 is 5.91 Å². The van der Waals surface area contributed by atoms with Gasteiger partial charge in [0.2, 0.25) is 0 Å². The van der Waals surface area contributed by atoms with Crippen LogP contribution in [0.1, 0.15) is 16.1 Å². The number of aromatic nitrogens is 2. The molecule has 1 N–H and O–H groups in total. The number of furan rings is 1. The van der Waals surface area contributed by atoms with Crippen LogP contribution in [0.5, 0.6) is 0 Å². The van der Waals surface area contributed by atoms with Crippen LogP contribution in [0.3, 0.4) is 0 Å². The van der Waals surface area contributed by atoms with E-state index in [-0.39, 0.29) is 11.6 Å². The third-order valence-electron chi connectivity index (χ3n) is 4.20. The Morgan fingerprint density at radius 1 is 1.14 bits per heavy atom. The van der Waals surface area contributed by atoms with Gasteiger partial charge in [-0.25, -0.2) is 14.4 Å². The number of carbonyl (C=O) groups is 1. The van der Waals surface area contributed by atoms with Gasteiger partial charge in [0.05, 0.1) is 0 Å². The molecule has 0 spiro atoms. The SMILES string of the molecule is CSc1ccc(NC(=O)c2oc3ccccc3c2CSc2ncccn2)cc1F. The Hall–Kier alpha value is -2.84. The number of rotatable bonds is 6. The molecule has 0 bridgehead atoms. The number of halogens is 1. The van der Waals surface area contributed by atoms with Crippen molar-refractivity contribution in [3.63, 3.8) is 0 Å². The second kappa shape index (κ2) is 8.67. The van der Waals surface area contributed by atoms with Crippen molar-refractivity contribution >= 4 is 46.1 Å². The fraction of sp³-hybridized carbons (Fsp3) is 0.0952. The summed E-state index contributed by atoms with van der Waals surface area (Å²) in [6, 6.07) is 13.8. The van der Waals surface area contributed by atoms with Gasteiger partial charge in [-0.2, -0.15) is 0 Å². The predicted octanol–water partition coefficient (Wildman–Crippen LogP) is 5.63. The molecule has 0 unspecified atom stereocenters. The zero-order valence-corrected chi connectivity index (χ0v) is 17.0. The van der Waals surface area contributed by atoms with Crippen LogP contribution in [0.15, 0.2) is 75.4 Å². The maximum absolute atomic E-state index is 14.0. The van der Waals surface area contributed by atoms with Gasteiger partial charge in [0.15, 0.2) is 10.9 Å². The largest absolute Gasteiger partial charge is 0.451 e. The Morgan fingerprint density at radius 2 is 1.93 bits per heavy atom. The lowest BCUT2D eigenvalue weighted by Gasteiger charge is -2.07. The highest BCUT2D eigenvalue weighted by molar-refractivity contribution is 7.98. The average Bonchev–Trinajstić information content (AvgIpc) is 3.12. The molecule has 0 fully saturated rings. The number of amides is 1. The lowest BCUT2D eigenvalue weighted by Crippen LogP contribution is -2.13. The van der Waals surface area contributed by atoms with Gasteiger partial charge >= 0.3 is 0 Å². The van der Waals surface area contributed by atoms with Gasteiger partial charge in [0.1, 0.15) is 11.4 Å². The van der Waals surface area contributed by atoms with E-state index in [1.54, 1.807) is 36.8 Å². The van der Waals surface area contributed by atoms with Crippen molar-refractivity contribution in [1.82, 2.24) is 9.97 Å². The Balaban J connectivity index is 1.63. The summed E-state index contributed by atoms with van der Waals surface area (Å²) in [4.78, 5) is 21.8. The molecule has 2 aromatic heterocycles. The number of fused-ring (bicyclic) bond motifs is 1. The highest BCUT2D eigenvalue weighted by Gasteiger charge is 2.21. The van der Waals surface area contributed by atoms with Gasteiger partial charge in [-0.05, 0) is 36.6 Å². The van der Waals surface area contributed by atoms with Crippen LogP contribution < -0.4 is 5.32 Å². The van der Waals surface area contributed by atoms with Gasteiger partial charge in [-0.1, -0.05) is 30.0 Å². The first-order chi connectivity index (χ1) is 14.2. The minimum Gasteiger partial charge on any atom is -0.451 e. The van der Waals surface area contributed by atoms with E-state index in [0.717, 1.165) is 10.9 Å². The summed E-state index contributed by atoms with van der Waals surface area (Å²) in [6.07, 6.45) is 5.14. The molecular formula is C21H16FN3O2S2. The van der Waals surface area contributed by atoms with Crippen molar-refractivity contribution in [1.29, 1.82) is 0 Å². The molecule has 2 aromatic carbocycles. The number of anilines is 1. The third kappa shape index (κ3) is 4.28. The van der Waals surface area contributed by atoms with Crippen LogP contribution in [0.25, 0.3) is 11.0 Å². The summed E-state index contributed by atoms with van der Waals surface area (Å²) >= 11 is 2.72. The number of hydrogen-bond donors (Lipinski definition) is 1. The Bertz CT molecular complexity index is 1170. The summed E-state index contributed by atoms with van der Waals surface area (Å²) in [5, 5.41) is 4.19. The number of benzene rings is 2. The van der Waals surface area contributed by atoms with E-state index in [1.807, 2.05) is 24.3 Å². The molecule has 0 aliphatic heterocycles. The number of thioether (sulfide) groups is 2. The molecular weight excluding hydrogens is 409 g/mol. The summed E-state index contributed by atoms with van der Waals surface area (Å²) in [5.74, 6) is -0.146. The van der Waals surface area contributed by atoms with Gasteiger partial charge in [-0.15, -0.1) is 11.8 Å². The number of hydrogen-bond acceptors (Lipinski definition) is 6. The van der Waals surface area contributed by atoms with Gasteiger partial charge in [0.25, 0.3) is 5.91 Å². The molecule has 5 nitrogen and oxygen atoms in total. The van der Waals surface area contributed by atoms with E-state index >= 15 is 0 Å². The molecule has 0 radical (unpaired) electrons. The van der Waals surface area contributed by atoms with Crippen LogP contribution in [-0.4, -0.2) is 22.1 Å². The van der Waals surface area contributed by atoms with E-state index in [9.17, 15) is 9.18 Å². The van der Waals surface area contributed by atoms with Crippen molar-refractivity contribution in [3.8, 4) is 0 Å². The first kappa shape index (κ1) is 19.5. The third-order valence-corrected chi connectivity index (χ3v) is 5.87. The molecule has 0 saturated carbocycles. The van der Waals surface area contributed by atoms with E-state index in [4.69, 9.17) is 4.42 Å². The topological polar surface area (TPSA) is 68.0 Å². The molecule has 0 aliphatic rings. The minimum atomic E-state index is -0.429. The normalized spacial score (nSPS) is 11.0. The Labute approximate surface area is 175 Å². The number of nitrogens with one attached hydrogen (secondary N) is 1. The molecule has 146 valence electrons. The molecule has 0 atom stereocenters.